The molecule has 0 fully saturated rings. The second-order valence-corrected chi connectivity index (χ2v) is 5.87. The molecule has 0 aliphatic rings. The summed E-state index contributed by atoms with van der Waals surface area (Å²) in [5.41, 5.74) is 0.134. The lowest BCUT2D eigenvalue weighted by atomic mass is 10.2. The first-order chi connectivity index (χ1) is 9.90. The molecule has 1 atom stereocenters. The van der Waals surface area contributed by atoms with E-state index in [0.29, 0.717) is 5.01 Å². The number of hydrogen-bond donors (Lipinski definition) is 2. The summed E-state index contributed by atoms with van der Waals surface area (Å²) in [6, 6.07) is 4.32. The maximum Gasteiger partial charge on any atom is 0.355 e. The Labute approximate surface area is 134 Å². The van der Waals surface area contributed by atoms with Gasteiger partial charge in [0.1, 0.15) is 5.01 Å². The molecule has 2 aromatic rings. The van der Waals surface area contributed by atoms with Gasteiger partial charge >= 0.3 is 5.97 Å². The van der Waals surface area contributed by atoms with E-state index in [9.17, 15) is 9.59 Å². The maximum atomic E-state index is 12.2. The molecule has 1 aromatic heterocycles. The SMILES string of the molecule is CC(NC(=O)c1c(Cl)cccc1Cl)c1nc(C(=O)O)cs1. The summed E-state index contributed by atoms with van der Waals surface area (Å²) in [6.07, 6.45) is 0. The monoisotopic (exact) mass is 344 g/mol. The van der Waals surface area contributed by atoms with Crippen LogP contribution in [0.5, 0.6) is 0 Å². The zero-order valence-electron chi connectivity index (χ0n) is 10.8. The topological polar surface area (TPSA) is 79.3 Å². The van der Waals surface area contributed by atoms with Crippen molar-refractivity contribution < 1.29 is 14.7 Å². The number of aromatic carboxylic acids is 1. The number of aromatic nitrogens is 1. The van der Waals surface area contributed by atoms with Crippen molar-refractivity contribution in [3.8, 4) is 0 Å². The molecule has 1 amide bonds. The van der Waals surface area contributed by atoms with Gasteiger partial charge in [-0.15, -0.1) is 11.3 Å². The molecule has 1 unspecified atom stereocenters. The fourth-order valence-corrected chi connectivity index (χ4v) is 3.00. The standard InChI is InChI=1S/C13H10Cl2N2O3S/c1-6(12-17-9(5-21-12)13(19)20)16-11(18)10-7(14)3-2-4-8(10)15/h2-6H,1H3,(H,16,18)(H,19,20). The summed E-state index contributed by atoms with van der Waals surface area (Å²) in [4.78, 5) is 26.9. The van der Waals surface area contributed by atoms with E-state index in [-0.39, 0.29) is 21.3 Å². The highest BCUT2D eigenvalue weighted by molar-refractivity contribution is 7.09. The van der Waals surface area contributed by atoms with Crippen molar-refractivity contribution in [2.75, 3.05) is 0 Å². The van der Waals surface area contributed by atoms with Crippen LogP contribution in [0.3, 0.4) is 0 Å². The highest BCUT2D eigenvalue weighted by Gasteiger charge is 2.19. The molecule has 2 rings (SSSR count). The lowest BCUT2D eigenvalue weighted by molar-refractivity contribution is 0.0691. The highest BCUT2D eigenvalue weighted by Crippen LogP contribution is 2.25. The van der Waals surface area contributed by atoms with Crippen molar-refractivity contribution in [2.45, 2.75) is 13.0 Å². The second-order valence-electron chi connectivity index (χ2n) is 4.17. The molecule has 1 aromatic carbocycles. The number of carboxylic acid groups (broad SMARTS) is 1. The van der Waals surface area contributed by atoms with E-state index in [1.54, 1.807) is 25.1 Å². The summed E-state index contributed by atoms with van der Waals surface area (Å²) >= 11 is 13.1. The Bertz CT molecular complexity index is 682. The highest BCUT2D eigenvalue weighted by atomic mass is 35.5. The fraction of sp³-hybridized carbons (Fsp3) is 0.154. The van der Waals surface area contributed by atoms with Crippen LogP contribution in [0, 0.1) is 0 Å². The first kappa shape index (κ1) is 15.8. The van der Waals surface area contributed by atoms with E-state index in [1.807, 2.05) is 0 Å². The van der Waals surface area contributed by atoms with Crippen molar-refractivity contribution in [3.05, 3.63) is 49.9 Å². The van der Waals surface area contributed by atoms with Gasteiger partial charge in [-0.1, -0.05) is 29.3 Å². The van der Waals surface area contributed by atoms with E-state index < -0.39 is 17.9 Å². The molecule has 0 bridgehead atoms. The summed E-state index contributed by atoms with van der Waals surface area (Å²) in [7, 11) is 0. The number of benzene rings is 1. The van der Waals surface area contributed by atoms with Crippen molar-refractivity contribution in [1.82, 2.24) is 10.3 Å². The van der Waals surface area contributed by atoms with Gasteiger partial charge in [0.15, 0.2) is 5.69 Å². The third-order valence-electron chi connectivity index (χ3n) is 2.65. The number of amides is 1. The van der Waals surface area contributed by atoms with Crippen LogP contribution < -0.4 is 5.32 Å². The zero-order chi connectivity index (χ0) is 15.6. The van der Waals surface area contributed by atoms with Gasteiger partial charge in [-0.3, -0.25) is 4.79 Å². The number of carbonyl (C=O) groups is 2. The van der Waals surface area contributed by atoms with Crippen LogP contribution >= 0.6 is 34.5 Å². The number of carboxylic acids is 1. The Balaban J connectivity index is 2.17. The normalized spacial score (nSPS) is 12.0. The smallest absolute Gasteiger partial charge is 0.355 e. The van der Waals surface area contributed by atoms with Crippen molar-refractivity contribution in [3.63, 3.8) is 0 Å². The Morgan fingerprint density at radius 3 is 2.48 bits per heavy atom. The van der Waals surface area contributed by atoms with E-state index in [2.05, 4.69) is 10.3 Å². The molecule has 5 nitrogen and oxygen atoms in total. The predicted molar refractivity (Wildman–Crippen MR) is 81.4 cm³/mol. The number of carbonyl (C=O) groups excluding carboxylic acids is 1. The molecule has 0 aliphatic carbocycles. The number of rotatable bonds is 4. The molecule has 0 aliphatic heterocycles. The molecule has 110 valence electrons. The van der Waals surface area contributed by atoms with Gasteiger partial charge in [-0.05, 0) is 19.1 Å². The van der Waals surface area contributed by atoms with Crippen LogP contribution in [-0.4, -0.2) is 22.0 Å². The molecule has 0 spiro atoms. The second kappa shape index (κ2) is 6.43. The minimum Gasteiger partial charge on any atom is -0.476 e. The van der Waals surface area contributed by atoms with E-state index >= 15 is 0 Å². The van der Waals surface area contributed by atoms with Gasteiger partial charge in [0.25, 0.3) is 5.91 Å². The lowest BCUT2D eigenvalue weighted by Gasteiger charge is -2.13. The Hall–Kier alpha value is -1.63. The largest absolute Gasteiger partial charge is 0.476 e. The van der Waals surface area contributed by atoms with E-state index in [0.717, 1.165) is 11.3 Å². The predicted octanol–water partition coefficient (Wildman–Crippen LogP) is 3.64. The quantitative estimate of drug-likeness (QED) is 0.887. The minimum atomic E-state index is -1.11. The summed E-state index contributed by atoms with van der Waals surface area (Å²) in [6.45, 7) is 1.70. The summed E-state index contributed by atoms with van der Waals surface area (Å²) in [5, 5.41) is 13.9. The number of thiazole rings is 1. The molecule has 8 heteroatoms. The van der Waals surface area contributed by atoms with Crippen LogP contribution in [0.4, 0.5) is 0 Å². The average Bonchev–Trinajstić information content (AvgIpc) is 2.88. The molecular formula is C13H10Cl2N2O3S. The van der Waals surface area contributed by atoms with Gasteiger partial charge in [0, 0.05) is 5.38 Å². The summed E-state index contributed by atoms with van der Waals surface area (Å²) < 4.78 is 0. The molecule has 21 heavy (non-hydrogen) atoms. The maximum absolute atomic E-state index is 12.2. The number of nitrogens with one attached hydrogen (secondary N) is 1. The van der Waals surface area contributed by atoms with Crippen LogP contribution in [0.2, 0.25) is 10.0 Å². The molecule has 2 N–H and O–H groups in total. The zero-order valence-corrected chi connectivity index (χ0v) is 13.1. The molecule has 1 heterocycles. The third kappa shape index (κ3) is 3.53. The van der Waals surface area contributed by atoms with E-state index in [4.69, 9.17) is 28.3 Å². The molecule has 0 radical (unpaired) electrons. The van der Waals surface area contributed by atoms with Gasteiger partial charge < -0.3 is 10.4 Å². The van der Waals surface area contributed by atoms with Gasteiger partial charge in [-0.2, -0.15) is 0 Å². The van der Waals surface area contributed by atoms with Crippen molar-refractivity contribution in [1.29, 1.82) is 0 Å². The fourth-order valence-electron chi connectivity index (χ4n) is 1.63. The third-order valence-corrected chi connectivity index (χ3v) is 4.31. The molecule has 0 saturated heterocycles. The Morgan fingerprint density at radius 1 is 1.33 bits per heavy atom. The van der Waals surface area contributed by atoms with Gasteiger partial charge in [-0.25, -0.2) is 9.78 Å². The number of halogens is 2. The van der Waals surface area contributed by atoms with Crippen LogP contribution in [0.1, 0.15) is 38.8 Å². The molecule has 0 saturated carbocycles. The Morgan fingerprint density at radius 2 is 1.95 bits per heavy atom. The van der Waals surface area contributed by atoms with Gasteiger partial charge in [0.05, 0.1) is 21.7 Å². The van der Waals surface area contributed by atoms with Crippen LogP contribution in [0.25, 0.3) is 0 Å². The van der Waals surface area contributed by atoms with Crippen LogP contribution in [-0.2, 0) is 0 Å². The lowest BCUT2D eigenvalue weighted by Crippen LogP contribution is -2.27. The molecular weight excluding hydrogens is 335 g/mol. The number of hydrogen-bond acceptors (Lipinski definition) is 4. The average molecular weight is 345 g/mol. The van der Waals surface area contributed by atoms with Crippen LogP contribution in [0.15, 0.2) is 23.6 Å². The Kier molecular flexibility index (Phi) is 4.82. The van der Waals surface area contributed by atoms with Crippen molar-refractivity contribution >= 4 is 46.4 Å². The first-order valence-electron chi connectivity index (χ1n) is 5.83. The minimum absolute atomic E-state index is 0.0492. The van der Waals surface area contributed by atoms with E-state index in [1.165, 1.54) is 5.38 Å². The van der Waals surface area contributed by atoms with Gasteiger partial charge in [0.2, 0.25) is 0 Å². The number of nitrogens with zero attached hydrogens (tertiary/aromatic N) is 1. The summed E-state index contributed by atoms with van der Waals surface area (Å²) in [5.74, 6) is -1.55. The van der Waals surface area contributed by atoms with Crippen molar-refractivity contribution in [2.24, 2.45) is 0 Å². The first-order valence-corrected chi connectivity index (χ1v) is 7.47.